The van der Waals surface area contributed by atoms with E-state index in [1.165, 1.54) is 0 Å². The van der Waals surface area contributed by atoms with Gasteiger partial charge < -0.3 is 15.2 Å². The molecule has 0 aliphatic carbocycles. The van der Waals surface area contributed by atoms with Crippen LogP contribution in [-0.2, 0) is 4.74 Å². The third kappa shape index (κ3) is 2.50. The maximum atomic E-state index is 11.7. The minimum atomic E-state index is -0.322. The summed E-state index contributed by atoms with van der Waals surface area (Å²) in [6.45, 7) is 1.06. The summed E-state index contributed by atoms with van der Waals surface area (Å²) in [4.78, 5) is 13.3. The average Bonchev–Trinajstić information content (AvgIpc) is 2.71. The second kappa shape index (κ2) is 5.05. The molecule has 1 amide bonds. The van der Waals surface area contributed by atoms with E-state index in [-0.39, 0.29) is 12.2 Å². The molecule has 1 aliphatic rings. The molecule has 1 aromatic carbocycles. The number of methoxy groups -OCH3 is 1. The maximum Gasteiger partial charge on any atom is 0.414 e. The zero-order valence-corrected chi connectivity index (χ0v) is 9.76. The number of anilines is 1. The van der Waals surface area contributed by atoms with Crippen molar-refractivity contribution in [1.82, 2.24) is 0 Å². The lowest BCUT2D eigenvalue weighted by Crippen LogP contribution is -2.25. The Morgan fingerprint density at radius 3 is 3.12 bits per heavy atom. The van der Waals surface area contributed by atoms with Gasteiger partial charge in [-0.1, -0.05) is 6.07 Å². The van der Waals surface area contributed by atoms with Gasteiger partial charge in [-0.15, -0.1) is 0 Å². The normalized spacial score (nSPS) is 19.3. The summed E-state index contributed by atoms with van der Waals surface area (Å²) in [5, 5.41) is 0. The molecule has 1 saturated heterocycles. The molecule has 2 rings (SSSR count). The summed E-state index contributed by atoms with van der Waals surface area (Å²) in [6.07, 6.45) is 0.252. The standard InChI is InChI=1S/C12H16N2O3/c1-16-10-4-2-3-9(7-10)14-8-11(5-6-13)17-12(14)15/h2-4,7,11H,5-6,8,13H2,1H3. The van der Waals surface area contributed by atoms with E-state index in [1.54, 1.807) is 12.0 Å². The van der Waals surface area contributed by atoms with Gasteiger partial charge in [0.1, 0.15) is 11.9 Å². The smallest absolute Gasteiger partial charge is 0.414 e. The Morgan fingerprint density at radius 1 is 1.59 bits per heavy atom. The van der Waals surface area contributed by atoms with Crippen molar-refractivity contribution >= 4 is 11.8 Å². The molecule has 5 nitrogen and oxygen atoms in total. The van der Waals surface area contributed by atoms with Crippen LogP contribution in [0.15, 0.2) is 24.3 Å². The maximum absolute atomic E-state index is 11.7. The number of nitrogens with zero attached hydrogens (tertiary/aromatic N) is 1. The highest BCUT2D eigenvalue weighted by Crippen LogP contribution is 2.25. The summed E-state index contributed by atoms with van der Waals surface area (Å²) >= 11 is 0. The highest BCUT2D eigenvalue weighted by Gasteiger charge is 2.31. The summed E-state index contributed by atoms with van der Waals surface area (Å²) < 4.78 is 10.3. The zero-order chi connectivity index (χ0) is 12.3. The predicted molar refractivity (Wildman–Crippen MR) is 64.3 cm³/mol. The molecule has 5 heteroatoms. The first-order valence-electron chi connectivity index (χ1n) is 5.57. The van der Waals surface area contributed by atoms with Gasteiger partial charge in [0, 0.05) is 6.07 Å². The Labute approximate surface area is 100 Å². The van der Waals surface area contributed by atoms with E-state index in [9.17, 15) is 4.79 Å². The molecule has 92 valence electrons. The van der Waals surface area contributed by atoms with E-state index < -0.39 is 0 Å². The lowest BCUT2D eigenvalue weighted by atomic mass is 10.2. The zero-order valence-electron chi connectivity index (χ0n) is 9.76. The first-order valence-corrected chi connectivity index (χ1v) is 5.57. The highest BCUT2D eigenvalue weighted by atomic mass is 16.6. The Bertz CT molecular complexity index is 408. The number of cyclic esters (lactones) is 1. The first kappa shape index (κ1) is 11.7. The van der Waals surface area contributed by atoms with Crippen LogP contribution >= 0.6 is 0 Å². The Hall–Kier alpha value is -1.75. The fraction of sp³-hybridized carbons (Fsp3) is 0.417. The molecule has 1 aromatic rings. The molecular formula is C12H16N2O3. The monoisotopic (exact) mass is 236 g/mol. The molecule has 1 fully saturated rings. The molecule has 1 unspecified atom stereocenters. The Morgan fingerprint density at radius 2 is 2.41 bits per heavy atom. The van der Waals surface area contributed by atoms with Crippen LogP contribution < -0.4 is 15.4 Å². The lowest BCUT2D eigenvalue weighted by Gasteiger charge is -2.13. The average molecular weight is 236 g/mol. The molecular weight excluding hydrogens is 220 g/mol. The van der Waals surface area contributed by atoms with Crippen LogP contribution in [0.2, 0.25) is 0 Å². The Balaban J connectivity index is 2.14. The van der Waals surface area contributed by atoms with Crippen molar-refractivity contribution in [3.05, 3.63) is 24.3 Å². The number of rotatable bonds is 4. The van der Waals surface area contributed by atoms with E-state index in [0.717, 1.165) is 11.4 Å². The van der Waals surface area contributed by atoms with Gasteiger partial charge >= 0.3 is 6.09 Å². The molecule has 1 aliphatic heterocycles. The van der Waals surface area contributed by atoms with Gasteiger partial charge in [0.25, 0.3) is 0 Å². The number of ether oxygens (including phenoxy) is 2. The van der Waals surface area contributed by atoms with E-state index in [0.29, 0.717) is 19.5 Å². The van der Waals surface area contributed by atoms with Crippen LogP contribution in [-0.4, -0.2) is 32.4 Å². The van der Waals surface area contributed by atoms with Crippen molar-refractivity contribution in [2.75, 3.05) is 25.1 Å². The van der Waals surface area contributed by atoms with Gasteiger partial charge in [-0.2, -0.15) is 0 Å². The van der Waals surface area contributed by atoms with Crippen molar-refractivity contribution < 1.29 is 14.3 Å². The molecule has 17 heavy (non-hydrogen) atoms. The number of amides is 1. The van der Waals surface area contributed by atoms with Crippen LogP contribution in [0.5, 0.6) is 5.75 Å². The van der Waals surface area contributed by atoms with Crippen molar-refractivity contribution in [3.8, 4) is 5.75 Å². The third-order valence-corrected chi connectivity index (χ3v) is 2.73. The molecule has 2 N–H and O–H groups in total. The molecule has 0 bridgehead atoms. The molecule has 0 radical (unpaired) electrons. The number of benzene rings is 1. The summed E-state index contributed by atoms with van der Waals surface area (Å²) in [5.74, 6) is 0.720. The van der Waals surface area contributed by atoms with Gasteiger partial charge in [0.2, 0.25) is 0 Å². The molecule has 1 atom stereocenters. The van der Waals surface area contributed by atoms with Gasteiger partial charge in [0.05, 0.1) is 19.3 Å². The van der Waals surface area contributed by atoms with Gasteiger partial charge in [-0.3, -0.25) is 4.90 Å². The second-order valence-corrected chi connectivity index (χ2v) is 3.90. The number of carbonyl (C=O) groups is 1. The Kier molecular flexibility index (Phi) is 3.49. The third-order valence-electron chi connectivity index (χ3n) is 2.73. The SMILES string of the molecule is COc1cccc(N2CC(CCN)OC2=O)c1. The second-order valence-electron chi connectivity index (χ2n) is 3.90. The van der Waals surface area contributed by atoms with Crippen LogP contribution in [0.25, 0.3) is 0 Å². The van der Waals surface area contributed by atoms with Gasteiger partial charge in [-0.05, 0) is 25.1 Å². The number of carbonyl (C=O) groups excluding carboxylic acids is 1. The number of nitrogens with two attached hydrogens (primary N) is 1. The number of hydrogen-bond donors (Lipinski definition) is 1. The van der Waals surface area contributed by atoms with Gasteiger partial charge in [-0.25, -0.2) is 4.79 Å². The van der Waals surface area contributed by atoms with Gasteiger partial charge in [0.15, 0.2) is 0 Å². The van der Waals surface area contributed by atoms with E-state index in [1.807, 2.05) is 24.3 Å². The molecule has 0 aromatic heterocycles. The van der Waals surface area contributed by atoms with Crippen molar-refractivity contribution in [3.63, 3.8) is 0 Å². The summed E-state index contributed by atoms with van der Waals surface area (Å²) in [6, 6.07) is 7.35. The van der Waals surface area contributed by atoms with Crippen LogP contribution in [0.1, 0.15) is 6.42 Å². The van der Waals surface area contributed by atoms with E-state index >= 15 is 0 Å². The fourth-order valence-corrected chi connectivity index (χ4v) is 1.85. The minimum absolute atomic E-state index is 0.112. The largest absolute Gasteiger partial charge is 0.497 e. The predicted octanol–water partition coefficient (Wildman–Crippen LogP) is 1.37. The first-order chi connectivity index (χ1) is 8.24. The van der Waals surface area contributed by atoms with E-state index in [2.05, 4.69) is 0 Å². The van der Waals surface area contributed by atoms with Crippen LogP contribution in [0, 0.1) is 0 Å². The summed E-state index contributed by atoms with van der Waals surface area (Å²) in [5.41, 5.74) is 6.24. The summed E-state index contributed by atoms with van der Waals surface area (Å²) in [7, 11) is 1.60. The van der Waals surface area contributed by atoms with Crippen LogP contribution in [0.4, 0.5) is 10.5 Å². The molecule has 0 spiro atoms. The van der Waals surface area contributed by atoms with Crippen molar-refractivity contribution in [2.24, 2.45) is 5.73 Å². The van der Waals surface area contributed by atoms with Crippen molar-refractivity contribution in [2.45, 2.75) is 12.5 Å². The fourth-order valence-electron chi connectivity index (χ4n) is 1.85. The van der Waals surface area contributed by atoms with Crippen molar-refractivity contribution in [1.29, 1.82) is 0 Å². The lowest BCUT2D eigenvalue weighted by molar-refractivity contribution is 0.138. The topological polar surface area (TPSA) is 64.8 Å². The highest BCUT2D eigenvalue weighted by molar-refractivity contribution is 5.89. The molecule has 1 heterocycles. The quantitative estimate of drug-likeness (QED) is 0.857. The van der Waals surface area contributed by atoms with Crippen LogP contribution in [0.3, 0.4) is 0 Å². The minimum Gasteiger partial charge on any atom is -0.497 e. The molecule has 0 saturated carbocycles. The van der Waals surface area contributed by atoms with E-state index in [4.69, 9.17) is 15.2 Å². The number of hydrogen-bond acceptors (Lipinski definition) is 4.